The topological polar surface area (TPSA) is 38.9 Å². The van der Waals surface area contributed by atoms with E-state index in [1.54, 1.807) is 6.08 Å². The molecule has 2 aromatic rings. The summed E-state index contributed by atoms with van der Waals surface area (Å²) in [4.78, 5) is 0. The van der Waals surface area contributed by atoms with E-state index in [4.69, 9.17) is 39.2 Å². The van der Waals surface area contributed by atoms with E-state index in [0.29, 0.717) is 12.3 Å². The summed E-state index contributed by atoms with van der Waals surface area (Å²) in [6, 6.07) is 7.82. The van der Waals surface area contributed by atoms with E-state index >= 15 is 0 Å². The SMILES string of the molecule is C=Cc1ccc(Cc2nnc(C(Cl)(Cl)Cl)o2)cc1. The molecule has 94 valence electrons. The molecule has 0 aliphatic rings. The molecule has 0 amide bonds. The Morgan fingerprint density at radius 1 is 1.17 bits per heavy atom. The van der Waals surface area contributed by atoms with Crippen LogP contribution in [0.15, 0.2) is 35.3 Å². The second-order valence-electron chi connectivity index (χ2n) is 3.62. The highest BCUT2D eigenvalue weighted by molar-refractivity contribution is 6.66. The minimum absolute atomic E-state index is 0.0230. The molecule has 0 saturated carbocycles. The van der Waals surface area contributed by atoms with E-state index in [2.05, 4.69) is 16.8 Å². The van der Waals surface area contributed by atoms with Crippen LogP contribution < -0.4 is 0 Å². The van der Waals surface area contributed by atoms with Crippen LogP contribution in [0.3, 0.4) is 0 Å². The number of aromatic nitrogens is 2. The minimum atomic E-state index is -1.68. The molecule has 0 radical (unpaired) electrons. The van der Waals surface area contributed by atoms with Crippen LogP contribution in [-0.2, 0) is 10.2 Å². The van der Waals surface area contributed by atoms with Gasteiger partial charge in [0, 0.05) is 0 Å². The van der Waals surface area contributed by atoms with Gasteiger partial charge in [-0.1, -0.05) is 71.7 Å². The van der Waals surface area contributed by atoms with Crippen molar-refractivity contribution < 1.29 is 4.42 Å². The third-order valence-electron chi connectivity index (χ3n) is 2.28. The molecular formula is C12H9Cl3N2O. The van der Waals surface area contributed by atoms with Crippen molar-refractivity contribution in [3.63, 3.8) is 0 Å². The summed E-state index contributed by atoms with van der Waals surface area (Å²) in [7, 11) is 0. The molecular weight excluding hydrogens is 295 g/mol. The lowest BCUT2D eigenvalue weighted by Crippen LogP contribution is -1.99. The maximum atomic E-state index is 5.64. The van der Waals surface area contributed by atoms with Gasteiger partial charge in [0.25, 0.3) is 9.68 Å². The first kappa shape index (κ1) is 13.4. The molecule has 1 aromatic heterocycles. The average Bonchev–Trinajstić information content (AvgIpc) is 2.78. The molecule has 1 heterocycles. The number of hydrogen-bond acceptors (Lipinski definition) is 3. The molecule has 0 atom stereocenters. The Balaban J connectivity index is 2.13. The highest BCUT2D eigenvalue weighted by atomic mass is 35.6. The van der Waals surface area contributed by atoms with Gasteiger partial charge in [0.15, 0.2) is 0 Å². The number of halogens is 3. The minimum Gasteiger partial charge on any atom is -0.420 e. The van der Waals surface area contributed by atoms with Crippen molar-refractivity contribution in [3.8, 4) is 0 Å². The van der Waals surface area contributed by atoms with Crippen LogP contribution in [0, 0.1) is 0 Å². The summed E-state index contributed by atoms with van der Waals surface area (Å²) >= 11 is 16.9. The van der Waals surface area contributed by atoms with E-state index in [9.17, 15) is 0 Å². The van der Waals surface area contributed by atoms with E-state index in [-0.39, 0.29) is 5.89 Å². The van der Waals surface area contributed by atoms with Gasteiger partial charge in [-0.25, -0.2) is 0 Å². The van der Waals surface area contributed by atoms with E-state index in [1.165, 1.54) is 0 Å². The van der Waals surface area contributed by atoms with Crippen LogP contribution in [0.5, 0.6) is 0 Å². The average molecular weight is 304 g/mol. The van der Waals surface area contributed by atoms with Crippen LogP contribution in [0.2, 0.25) is 0 Å². The van der Waals surface area contributed by atoms with E-state index < -0.39 is 3.79 Å². The van der Waals surface area contributed by atoms with Gasteiger partial charge in [0.1, 0.15) is 0 Å². The maximum absolute atomic E-state index is 5.64. The number of alkyl halides is 3. The summed E-state index contributed by atoms with van der Waals surface area (Å²) in [6.07, 6.45) is 2.27. The Morgan fingerprint density at radius 3 is 2.33 bits per heavy atom. The summed E-state index contributed by atoms with van der Waals surface area (Å²) in [5.74, 6) is 0.382. The fraction of sp³-hybridized carbons (Fsp3) is 0.167. The van der Waals surface area contributed by atoms with Crippen molar-refractivity contribution in [2.24, 2.45) is 0 Å². The number of rotatable bonds is 3. The predicted molar refractivity (Wildman–Crippen MR) is 72.9 cm³/mol. The van der Waals surface area contributed by atoms with Crippen LogP contribution in [0.25, 0.3) is 6.08 Å². The van der Waals surface area contributed by atoms with Gasteiger partial charge in [-0.15, -0.1) is 10.2 Å². The Bertz CT molecular complexity index is 543. The van der Waals surface area contributed by atoms with Crippen molar-refractivity contribution in [2.45, 2.75) is 10.2 Å². The first-order valence-corrected chi connectivity index (χ1v) is 6.23. The molecule has 6 heteroatoms. The molecule has 0 fully saturated rings. The van der Waals surface area contributed by atoms with Gasteiger partial charge in [0.05, 0.1) is 6.42 Å². The first-order valence-electron chi connectivity index (χ1n) is 5.10. The Hall–Kier alpha value is -1.03. The zero-order valence-corrected chi connectivity index (χ0v) is 11.5. The maximum Gasteiger partial charge on any atom is 0.268 e. The van der Waals surface area contributed by atoms with Crippen molar-refractivity contribution in [3.05, 3.63) is 53.8 Å². The Kier molecular flexibility index (Phi) is 3.95. The third kappa shape index (κ3) is 3.25. The Morgan fingerprint density at radius 2 is 1.83 bits per heavy atom. The molecule has 0 aliphatic carbocycles. The molecule has 0 saturated heterocycles. The van der Waals surface area contributed by atoms with E-state index in [1.807, 2.05) is 24.3 Å². The van der Waals surface area contributed by atoms with Gasteiger partial charge in [0.2, 0.25) is 5.89 Å². The zero-order chi connectivity index (χ0) is 13.2. The van der Waals surface area contributed by atoms with Gasteiger partial charge >= 0.3 is 0 Å². The molecule has 0 aliphatic heterocycles. The van der Waals surface area contributed by atoms with Crippen molar-refractivity contribution >= 4 is 40.9 Å². The van der Waals surface area contributed by atoms with E-state index in [0.717, 1.165) is 11.1 Å². The highest BCUT2D eigenvalue weighted by Gasteiger charge is 2.30. The number of hydrogen-bond donors (Lipinski definition) is 0. The van der Waals surface area contributed by atoms with Gasteiger partial charge < -0.3 is 4.42 Å². The summed E-state index contributed by atoms with van der Waals surface area (Å²) in [6.45, 7) is 3.69. The summed E-state index contributed by atoms with van der Waals surface area (Å²) in [5, 5.41) is 7.52. The highest BCUT2D eigenvalue weighted by Crippen LogP contribution is 2.37. The van der Waals surface area contributed by atoms with Gasteiger partial charge in [-0.05, 0) is 11.1 Å². The Labute approximate surface area is 119 Å². The van der Waals surface area contributed by atoms with Gasteiger partial charge in [-0.3, -0.25) is 0 Å². The molecule has 2 rings (SSSR count). The molecule has 1 aromatic carbocycles. The molecule has 0 bridgehead atoms. The summed E-state index contributed by atoms with van der Waals surface area (Å²) < 4.78 is 3.59. The molecule has 3 nitrogen and oxygen atoms in total. The summed E-state index contributed by atoms with van der Waals surface area (Å²) in [5.41, 5.74) is 2.08. The quantitative estimate of drug-likeness (QED) is 0.800. The van der Waals surface area contributed by atoms with Crippen molar-refractivity contribution in [1.82, 2.24) is 10.2 Å². The van der Waals surface area contributed by atoms with Crippen molar-refractivity contribution in [2.75, 3.05) is 0 Å². The normalized spacial score (nSPS) is 11.5. The van der Waals surface area contributed by atoms with Crippen LogP contribution in [0.4, 0.5) is 0 Å². The van der Waals surface area contributed by atoms with Crippen molar-refractivity contribution in [1.29, 1.82) is 0 Å². The first-order chi connectivity index (χ1) is 8.49. The van der Waals surface area contributed by atoms with Gasteiger partial charge in [-0.2, -0.15) is 0 Å². The fourth-order valence-electron chi connectivity index (χ4n) is 1.39. The predicted octanol–water partition coefficient (Wildman–Crippen LogP) is 4.13. The largest absolute Gasteiger partial charge is 0.420 e. The molecule has 18 heavy (non-hydrogen) atoms. The zero-order valence-electron chi connectivity index (χ0n) is 9.24. The van der Waals surface area contributed by atoms with Crippen LogP contribution in [0.1, 0.15) is 22.9 Å². The lowest BCUT2D eigenvalue weighted by atomic mass is 10.1. The smallest absolute Gasteiger partial charge is 0.268 e. The lowest BCUT2D eigenvalue weighted by Gasteiger charge is -2.02. The standard InChI is InChI=1S/C12H9Cl3N2O/c1-2-8-3-5-9(6-4-8)7-10-16-17-11(18-10)12(13,14)15/h2-6H,1,7H2. The molecule has 0 N–H and O–H groups in total. The second-order valence-corrected chi connectivity index (χ2v) is 5.90. The van der Waals surface area contributed by atoms with Crippen LogP contribution in [-0.4, -0.2) is 10.2 Å². The monoisotopic (exact) mass is 302 g/mol. The fourth-order valence-corrected chi connectivity index (χ4v) is 1.61. The lowest BCUT2D eigenvalue weighted by molar-refractivity contribution is 0.463. The molecule has 0 unspecified atom stereocenters. The molecule has 0 spiro atoms. The third-order valence-corrected chi connectivity index (χ3v) is 2.77. The van der Waals surface area contributed by atoms with Crippen LogP contribution >= 0.6 is 34.8 Å². The number of nitrogens with zero attached hydrogens (tertiary/aromatic N) is 2. The number of benzene rings is 1. The second kappa shape index (κ2) is 5.31.